The number of aryl methyl sites for hydroxylation is 1. The number of halogens is 2. The van der Waals surface area contributed by atoms with E-state index in [2.05, 4.69) is 20.6 Å². The molecule has 140 valence electrons. The van der Waals surface area contributed by atoms with Crippen molar-refractivity contribution in [3.8, 4) is 16.3 Å². The van der Waals surface area contributed by atoms with E-state index in [-0.39, 0.29) is 15.8 Å². The Morgan fingerprint density at radius 3 is 2.57 bits per heavy atom. The first kappa shape index (κ1) is 18.3. The lowest BCUT2D eigenvalue weighted by Gasteiger charge is -2.03. The SMILES string of the molecule is Cc1nn(-c2ccccc2)c(Cl)c1C(=O)Nc1nnc(-c2ccccc2F)s1. The van der Waals surface area contributed by atoms with Gasteiger partial charge < -0.3 is 0 Å². The Bertz CT molecular complexity index is 1160. The van der Waals surface area contributed by atoms with Crippen LogP contribution in [0.25, 0.3) is 16.3 Å². The van der Waals surface area contributed by atoms with Gasteiger partial charge in [0.1, 0.15) is 16.5 Å². The Kier molecular flexibility index (Phi) is 4.89. The number of aromatic nitrogens is 4. The maximum absolute atomic E-state index is 13.9. The highest BCUT2D eigenvalue weighted by Crippen LogP contribution is 2.29. The third-order valence-corrected chi connectivity index (χ3v) is 5.20. The van der Waals surface area contributed by atoms with Gasteiger partial charge in [0.25, 0.3) is 5.91 Å². The molecule has 0 fully saturated rings. The van der Waals surface area contributed by atoms with Gasteiger partial charge in [-0.3, -0.25) is 10.1 Å². The molecule has 9 heteroatoms. The van der Waals surface area contributed by atoms with Crippen LogP contribution in [0.2, 0.25) is 5.15 Å². The number of hydrogen-bond donors (Lipinski definition) is 1. The standard InChI is InChI=1S/C19H13ClFN5OS/c1-11-15(16(20)26(25-11)12-7-3-2-4-8-12)17(27)22-19-24-23-18(28-19)13-9-5-6-10-14(13)21/h2-10H,1H3,(H,22,24,27). The van der Waals surface area contributed by atoms with Gasteiger partial charge in [0.15, 0.2) is 5.01 Å². The minimum absolute atomic E-state index is 0.194. The maximum Gasteiger partial charge on any atom is 0.262 e. The van der Waals surface area contributed by atoms with E-state index in [1.54, 1.807) is 25.1 Å². The van der Waals surface area contributed by atoms with E-state index < -0.39 is 11.7 Å². The third kappa shape index (κ3) is 3.39. The molecule has 0 aliphatic heterocycles. The van der Waals surface area contributed by atoms with Gasteiger partial charge in [-0.05, 0) is 31.2 Å². The normalized spacial score (nSPS) is 10.8. The van der Waals surface area contributed by atoms with Gasteiger partial charge in [-0.15, -0.1) is 10.2 Å². The number of anilines is 1. The molecule has 4 aromatic rings. The van der Waals surface area contributed by atoms with Crippen molar-refractivity contribution in [3.05, 3.63) is 76.8 Å². The molecule has 0 aliphatic rings. The monoisotopic (exact) mass is 413 g/mol. The van der Waals surface area contributed by atoms with Gasteiger partial charge >= 0.3 is 0 Å². The minimum atomic E-state index is -0.457. The number of amides is 1. The van der Waals surface area contributed by atoms with Crippen molar-refractivity contribution in [2.75, 3.05) is 5.32 Å². The number of carbonyl (C=O) groups excluding carboxylic acids is 1. The number of benzene rings is 2. The molecule has 6 nitrogen and oxygen atoms in total. The lowest BCUT2D eigenvalue weighted by Crippen LogP contribution is -2.13. The summed E-state index contributed by atoms with van der Waals surface area (Å²) in [6, 6.07) is 15.5. The first-order valence-corrected chi connectivity index (χ1v) is 9.44. The first-order valence-electron chi connectivity index (χ1n) is 8.25. The van der Waals surface area contributed by atoms with Crippen molar-refractivity contribution in [2.45, 2.75) is 6.92 Å². The molecule has 2 heterocycles. The molecule has 0 aliphatic carbocycles. The van der Waals surface area contributed by atoms with Crippen LogP contribution in [0.1, 0.15) is 16.1 Å². The Morgan fingerprint density at radius 2 is 1.82 bits per heavy atom. The van der Waals surface area contributed by atoms with Crippen molar-refractivity contribution in [2.24, 2.45) is 0 Å². The summed E-state index contributed by atoms with van der Waals surface area (Å²) in [4.78, 5) is 12.7. The van der Waals surface area contributed by atoms with Gasteiger partial charge in [0, 0.05) is 5.56 Å². The lowest BCUT2D eigenvalue weighted by molar-refractivity contribution is 0.102. The Hall–Kier alpha value is -3.10. The van der Waals surface area contributed by atoms with Crippen molar-refractivity contribution >= 4 is 34.0 Å². The van der Waals surface area contributed by atoms with Crippen molar-refractivity contribution < 1.29 is 9.18 Å². The first-order chi connectivity index (χ1) is 13.5. The third-order valence-electron chi connectivity index (χ3n) is 3.98. The summed E-state index contributed by atoms with van der Waals surface area (Å²) in [6.45, 7) is 1.70. The molecule has 2 aromatic heterocycles. The van der Waals surface area contributed by atoms with Crippen LogP contribution in [0.5, 0.6) is 0 Å². The van der Waals surface area contributed by atoms with E-state index in [1.165, 1.54) is 10.7 Å². The summed E-state index contributed by atoms with van der Waals surface area (Å²) < 4.78 is 15.4. The fourth-order valence-corrected chi connectivity index (χ4v) is 3.80. The second-order valence-electron chi connectivity index (χ2n) is 5.84. The minimum Gasteiger partial charge on any atom is -0.296 e. The summed E-state index contributed by atoms with van der Waals surface area (Å²) in [6.07, 6.45) is 0. The Morgan fingerprint density at radius 1 is 1.11 bits per heavy atom. The van der Waals surface area contributed by atoms with E-state index in [4.69, 9.17) is 11.6 Å². The number of nitrogens with one attached hydrogen (secondary N) is 1. The summed E-state index contributed by atoms with van der Waals surface area (Å²) >= 11 is 7.48. The zero-order valence-electron chi connectivity index (χ0n) is 14.6. The molecule has 0 bridgehead atoms. The fourth-order valence-electron chi connectivity index (χ4n) is 2.67. The second kappa shape index (κ2) is 7.49. The van der Waals surface area contributed by atoms with Crippen LogP contribution in [0.3, 0.4) is 0 Å². The average molecular weight is 414 g/mol. The number of rotatable bonds is 4. The molecule has 28 heavy (non-hydrogen) atoms. The van der Waals surface area contributed by atoms with E-state index in [0.717, 1.165) is 17.0 Å². The number of para-hydroxylation sites is 1. The van der Waals surface area contributed by atoms with Crippen LogP contribution in [-0.2, 0) is 0 Å². The van der Waals surface area contributed by atoms with Crippen LogP contribution < -0.4 is 5.32 Å². The largest absolute Gasteiger partial charge is 0.296 e. The predicted molar refractivity (Wildman–Crippen MR) is 107 cm³/mol. The summed E-state index contributed by atoms with van der Waals surface area (Å²) in [5, 5.41) is 15.7. The molecular formula is C19H13ClFN5OS. The van der Waals surface area contributed by atoms with E-state index in [0.29, 0.717) is 16.3 Å². The summed E-state index contributed by atoms with van der Waals surface area (Å²) in [7, 11) is 0. The van der Waals surface area contributed by atoms with Gasteiger partial charge in [-0.2, -0.15) is 5.10 Å². The quantitative estimate of drug-likeness (QED) is 0.524. The van der Waals surface area contributed by atoms with Gasteiger partial charge in [-0.1, -0.05) is 53.3 Å². The smallest absolute Gasteiger partial charge is 0.262 e. The van der Waals surface area contributed by atoms with Gasteiger partial charge in [0.2, 0.25) is 5.13 Å². The lowest BCUT2D eigenvalue weighted by atomic mass is 10.2. The van der Waals surface area contributed by atoms with Crippen molar-refractivity contribution in [1.29, 1.82) is 0 Å². The molecule has 0 saturated carbocycles. The van der Waals surface area contributed by atoms with E-state index >= 15 is 0 Å². The maximum atomic E-state index is 13.9. The molecule has 0 atom stereocenters. The van der Waals surface area contributed by atoms with Gasteiger partial charge in [-0.25, -0.2) is 9.07 Å². The van der Waals surface area contributed by atoms with Crippen LogP contribution >= 0.6 is 22.9 Å². The van der Waals surface area contributed by atoms with Crippen LogP contribution in [-0.4, -0.2) is 25.9 Å². The zero-order valence-corrected chi connectivity index (χ0v) is 16.1. The van der Waals surface area contributed by atoms with Crippen LogP contribution in [0, 0.1) is 12.7 Å². The molecule has 0 unspecified atom stereocenters. The summed E-state index contributed by atoms with van der Waals surface area (Å²) in [5.41, 5.74) is 1.79. The fraction of sp³-hybridized carbons (Fsp3) is 0.0526. The highest BCUT2D eigenvalue weighted by Gasteiger charge is 2.22. The number of nitrogens with zero attached hydrogens (tertiary/aromatic N) is 4. The number of carbonyl (C=O) groups is 1. The van der Waals surface area contributed by atoms with Crippen LogP contribution in [0.4, 0.5) is 9.52 Å². The van der Waals surface area contributed by atoms with Crippen molar-refractivity contribution in [1.82, 2.24) is 20.0 Å². The summed E-state index contributed by atoms with van der Waals surface area (Å²) in [5.74, 6) is -0.861. The second-order valence-corrected chi connectivity index (χ2v) is 7.18. The Balaban J connectivity index is 1.60. The molecule has 4 rings (SSSR count). The molecular weight excluding hydrogens is 401 g/mol. The van der Waals surface area contributed by atoms with Gasteiger partial charge in [0.05, 0.1) is 11.4 Å². The average Bonchev–Trinajstić information content (AvgIpc) is 3.27. The van der Waals surface area contributed by atoms with E-state index in [9.17, 15) is 9.18 Å². The topological polar surface area (TPSA) is 72.7 Å². The van der Waals surface area contributed by atoms with E-state index in [1.807, 2.05) is 30.3 Å². The molecule has 0 radical (unpaired) electrons. The molecule has 0 spiro atoms. The number of hydrogen-bond acceptors (Lipinski definition) is 5. The molecule has 0 saturated heterocycles. The molecule has 1 N–H and O–H groups in total. The highest BCUT2D eigenvalue weighted by atomic mass is 35.5. The zero-order chi connectivity index (χ0) is 19.7. The Labute approximate surface area is 168 Å². The van der Waals surface area contributed by atoms with Crippen molar-refractivity contribution in [3.63, 3.8) is 0 Å². The predicted octanol–water partition coefficient (Wildman–Crippen LogP) is 4.74. The molecule has 1 amide bonds. The van der Waals surface area contributed by atoms with Crippen LogP contribution in [0.15, 0.2) is 54.6 Å². The highest BCUT2D eigenvalue weighted by molar-refractivity contribution is 7.18. The molecule has 2 aromatic carbocycles.